The molecule has 0 spiro atoms. The summed E-state index contributed by atoms with van der Waals surface area (Å²) in [6, 6.07) is 7.93. The van der Waals surface area contributed by atoms with Gasteiger partial charge in [0.2, 0.25) is 11.8 Å². The second-order valence-corrected chi connectivity index (χ2v) is 11.9. The van der Waals surface area contributed by atoms with Crippen LogP contribution >= 0.6 is 11.3 Å². The molecule has 2 atom stereocenters. The molecule has 1 fully saturated rings. The van der Waals surface area contributed by atoms with Crippen LogP contribution in [0.15, 0.2) is 42.5 Å². The van der Waals surface area contributed by atoms with Crippen LogP contribution in [0.25, 0.3) is 10.1 Å². The Balaban J connectivity index is 1.62. The molecular formula is C28H38N4O5S. The molecule has 0 unspecified atom stereocenters. The number of nitrogens with one attached hydrogen (secondary N) is 2. The van der Waals surface area contributed by atoms with Crippen LogP contribution in [0.4, 0.5) is 4.79 Å². The van der Waals surface area contributed by atoms with Crippen molar-refractivity contribution in [3.05, 3.63) is 47.4 Å². The molecule has 206 valence electrons. The number of ether oxygens (including phenoxy) is 1. The molecule has 1 aliphatic heterocycles. The van der Waals surface area contributed by atoms with Gasteiger partial charge in [0.05, 0.1) is 4.88 Å². The minimum absolute atomic E-state index is 0.0192. The van der Waals surface area contributed by atoms with Crippen LogP contribution < -0.4 is 10.6 Å². The summed E-state index contributed by atoms with van der Waals surface area (Å²) in [5.74, 6) is -0.828. The van der Waals surface area contributed by atoms with Gasteiger partial charge in [-0.15, -0.1) is 11.3 Å². The Hall–Kier alpha value is -3.40. The van der Waals surface area contributed by atoms with Crippen molar-refractivity contribution in [3.8, 4) is 0 Å². The summed E-state index contributed by atoms with van der Waals surface area (Å²) in [4.78, 5) is 55.4. The van der Waals surface area contributed by atoms with Crippen molar-refractivity contribution in [2.45, 2.75) is 59.2 Å². The summed E-state index contributed by atoms with van der Waals surface area (Å²) >= 11 is 1.38. The highest BCUT2D eigenvalue weighted by atomic mass is 32.1. The van der Waals surface area contributed by atoms with Gasteiger partial charge in [-0.2, -0.15) is 0 Å². The van der Waals surface area contributed by atoms with Crippen LogP contribution in [0, 0.1) is 5.92 Å². The van der Waals surface area contributed by atoms with E-state index in [4.69, 9.17) is 4.74 Å². The van der Waals surface area contributed by atoms with Gasteiger partial charge in [0.15, 0.2) is 0 Å². The quantitative estimate of drug-likeness (QED) is 0.518. The Labute approximate surface area is 228 Å². The average Bonchev–Trinajstić information content (AvgIpc) is 3.29. The number of hydrogen-bond donors (Lipinski definition) is 2. The maximum absolute atomic E-state index is 13.5. The highest BCUT2D eigenvalue weighted by molar-refractivity contribution is 7.20. The van der Waals surface area contributed by atoms with Crippen LogP contribution in [0.3, 0.4) is 0 Å². The Kier molecular flexibility index (Phi) is 9.19. The van der Waals surface area contributed by atoms with E-state index in [0.717, 1.165) is 10.1 Å². The maximum Gasteiger partial charge on any atom is 0.408 e. The highest BCUT2D eigenvalue weighted by Crippen LogP contribution is 2.26. The Bertz CT molecular complexity index is 1170. The van der Waals surface area contributed by atoms with Gasteiger partial charge < -0.3 is 25.2 Å². The van der Waals surface area contributed by atoms with Crippen molar-refractivity contribution in [2.24, 2.45) is 5.92 Å². The fraction of sp³-hybridized carbons (Fsp3) is 0.500. The number of alkyl carbamates (subject to hydrolysis) is 1. The molecule has 2 N–H and O–H groups in total. The normalized spacial score (nSPS) is 15.7. The molecule has 2 heterocycles. The topological polar surface area (TPSA) is 108 Å². The molecular weight excluding hydrogens is 504 g/mol. The van der Waals surface area contributed by atoms with Gasteiger partial charge in [-0.3, -0.25) is 14.4 Å². The minimum atomic E-state index is -0.872. The number of piperazine rings is 1. The number of amides is 4. The third-order valence-corrected chi connectivity index (χ3v) is 7.41. The van der Waals surface area contributed by atoms with Crippen molar-refractivity contribution in [2.75, 3.05) is 26.2 Å². The van der Waals surface area contributed by atoms with Crippen LogP contribution in [-0.2, 0) is 14.3 Å². The zero-order valence-electron chi connectivity index (χ0n) is 23.0. The molecule has 0 radical (unpaired) electrons. The van der Waals surface area contributed by atoms with Crippen LogP contribution in [0.5, 0.6) is 0 Å². The molecule has 1 aromatic heterocycles. The van der Waals surface area contributed by atoms with E-state index in [1.54, 1.807) is 37.5 Å². The van der Waals surface area contributed by atoms with Crippen molar-refractivity contribution in [1.29, 1.82) is 0 Å². The lowest BCUT2D eigenvalue weighted by Crippen LogP contribution is -2.58. The minimum Gasteiger partial charge on any atom is -0.444 e. The summed E-state index contributed by atoms with van der Waals surface area (Å²) < 4.78 is 6.23. The van der Waals surface area contributed by atoms with E-state index in [0.29, 0.717) is 36.6 Å². The number of fused-ring (bicyclic) bond motifs is 1. The first-order valence-corrected chi connectivity index (χ1v) is 13.6. The van der Waals surface area contributed by atoms with Gasteiger partial charge in [0.1, 0.15) is 17.7 Å². The predicted octanol–water partition coefficient (Wildman–Crippen LogP) is 3.80. The molecule has 1 saturated heterocycles. The van der Waals surface area contributed by atoms with Crippen LogP contribution in [-0.4, -0.2) is 77.5 Å². The SMILES string of the molecule is C=C(C(C)C)[C@H](NC(=O)c1cc2ccccc2s1)C(=O)N1CCN(C(=O)[C@H](C)NC(=O)OC(C)(C)C)CC1. The average molecular weight is 543 g/mol. The largest absolute Gasteiger partial charge is 0.444 e. The summed E-state index contributed by atoms with van der Waals surface area (Å²) in [6.45, 7) is 16.1. The number of hydrogen-bond acceptors (Lipinski definition) is 6. The molecule has 3 rings (SSSR count). The third kappa shape index (κ3) is 7.34. The summed E-state index contributed by atoms with van der Waals surface area (Å²) in [6.07, 6.45) is -0.656. The van der Waals surface area contributed by atoms with Gasteiger partial charge in [0, 0.05) is 30.9 Å². The number of carbonyl (C=O) groups excluding carboxylic acids is 4. The summed E-state index contributed by atoms with van der Waals surface area (Å²) in [5.41, 5.74) is -0.0416. The second-order valence-electron chi connectivity index (χ2n) is 10.8. The Morgan fingerprint density at radius 2 is 1.53 bits per heavy atom. The standard InChI is InChI=1S/C28H38N4O5S/c1-17(2)18(3)23(30-24(33)22-16-20-10-8-9-11-21(20)38-22)26(35)32-14-12-31(13-15-32)25(34)19(4)29-27(36)37-28(5,6)7/h8-11,16-17,19,23H,3,12-15H2,1-2,4-7H3,(H,29,36)(H,30,33)/t19-,23-/m0/s1. The predicted molar refractivity (Wildman–Crippen MR) is 149 cm³/mol. The van der Waals surface area contributed by atoms with Gasteiger partial charge >= 0.3 is 6.09 Å². The molecule has 38 heavy (non-hydrogen) atoms. The summed E-state index contributed by atoms with van der Waals surface area (Å²) in [7, 11) is 0. The maximum atomic E-state index is 13.5. The fourth-order valence-corrected chi connectivity index (χ4v) is 5.06. The van der Waals surface area contributed by atoms with E-state index in [1.807, 2.05) is 44.2 Å². The van der Waals surface area contributed by atoms with Crippen molar-refractivity contribution in [1.82, 2.24) is 20.4 Å². The van der Waals surface area contributed by atoms with E-state index in [1.165, 1.54) is 11.3 Å². The Morgan fingerprint density at radius 3 is 2.08 bits per heavy atom. The van der Waals surface area contributed by atoms with Gasteiger partial charge in [-0.05, 0) is 56.7 Å². The zero-order valence-corrected chi connectivity index (χ0v) is 23.8. The lowest BCUT2D eigenvalue weighted by molar-refractivity contribution is -0.141. The molecule has 0 saturated carbocycles. The smallest absolute Gasteiger partial charge is 0.408 e. The van der Waals surface area contributed by atoms with Gasteiger partial charge in [-0.25, -0.2) is 4.79 Å². The molecule has 10 heteroatoms. The monoisotopic (exact) mass is 542 g/mol. The first-order valence-electron chi connectivity index (χ1n) is 12.8. The van der Waals surface area contributed by atoms with Gasteiger partial charge in [0.25, 0.3) is 5.91 Å². The van der Waals surface area contributed by atoms with E-state index < -0.39 is 23.8 Å². The van der Waals surface area contributed by atoms with E-state index >= 15 is 0 Å². The first kappa shape index (κ1) is 29.2. The lowest BCUT2D eigenvalue weighted by Gasteiger charge is -2.38. The second kappa shape index (κ2) is 12.0. The highest BCUT2D eigenvalue weighted by Gasteiger charge is 2.34. The summed E-state index contributed by atoms with van der Waals surface area (Å²) in [5, 5.41) is 6.45. The molecule has 9 nitrogen and oxygen atoms in total. The van der Waals surface area contributed by atoms with E-state index in [-0.39, 0.29) is 23.6 Å². The Morgan fingerprint density at radius 1 is 0.947 bits per heavy atom. The first-order chi connectivity index (χ1) is 17.8. The van der Waals surface area contributed by atoms with Crippen LogP contribution in [0.1, 0.15) is 51.2 Å². The number of carbonyl (C=O) groups is 4. The zero-order chi connectivity index (χ0) is 28.2. The number of thiophene rings is 1. The number of benzene rings is 1. The van der Waals surface area contributed by atoms with E-state index in [9.17, 15) is 19.2 Å². The van der Waals surface area contributed by atoms with E-state index in [2.05, 4.69) is 17.2 Å². The molecule has 0 bridgehead atoms. The van der Waals surface area contributed by atoms with Crippen molar-refractivity contribution in [3.63, 3.8) is 0 Å². The number of rotatable bonds is 7. The molecule has 1 aliphatic rings. The third-order valence-electron chi connectivity index (χ3n) is 6.29. The number of nitrogens with zero attached hydrogens (tertiary/aromatic N) is 2. The van der Waals surface area contributed by atoms with Gasteiger partial charge in [-0.1, -0.05) is 38.6 Å². The van der Waals surface area contributed by atoms with Crippen LogP contribution in [0.2, 0.25) is 0 Å². The molecule has 1 aromatic carbocycles. The van der Waals surface area contributed by atoms with Crippen molar-refractivity contribution >= 4 is 45.2 Å². The lowest BCUT2D eigenvalue weighted by atomic mass is 9.96. The van der Waals surface area contributed by atoms with Crippen molar-refractivity contribution < 1.29 is 23.9 Å². The molecule has 4 amide bonds. The fourth-order valence-electron chi connectivity index (χ4n) is 4.09. The molecule has 0 aliphatic carbocycles. The molecule has 2 aromatic rings.